The van der Waals surface area contributed by atoms with Crippen LogP contribution >= 0.6 is 0 Å². The highest BCUT2D eigenvalue weighted by atomic mass is 16.6. The van der Waals surface area contributed by atoms with Crippen molar-refractivity contribution in [3.63, 3.8) is 0 Å². The quantitative estimate of drug-likeness (QED) is 0.658. The van der Waals surface area contributed by atoms with E-state index in [1.54, 1.807) is 7.05 Å². The molecule has 104 valence electrons. The first-order valence-electron chi connectivity index (χ1n) is 6.31. The number of amides is 1. The molecule has 1 aromatic heterocycles. The maximum Gasteiger partial charge on any atom is 0.433 e. The Balaban J connectivity index is 1.95. The third kappa shape index (κ3) is 3.31. The Hall–Kier alpha value is -1.89. The highest BCUT2D eigenvalue weighted by Crippen LogP contribution is 2.17. The van der Waals surface area contributed by atoms with Crippen LogP contribution in [0, 0.1) is 10.1 Å². The van der Waals surface area contributed by atoms with Crippen LogP contribution in [0.2, 0.25) is 0 Å². The molecule has 1 atom stereocenters. The number of nitrogens with zero attached hydrogens (tertiary/aromatic N) is 2. The second-order valence-corrected chi connectivity index (χ2v) is 4.73. The molecule has 1 amide bonds. The Bertz CT molecular complexity index is 465. The molecule has 1 aromatic rings. The zero-order valence-corrected chi connectivity index (χ0v) is 10.8. The lowest BCUT2D eigenvalue weighted by atomic mass is 10.0. The van der Waals surface area contributed by atoms with Gasteiger partial charge in [-0.1, -0.05) is 6.42 Å². The number of carbonyl (C=O) groups excluding carboxylic acids is 1. The van der Waals surface area contributed by atoms with Gasteiger partial charge in [-0.2, -0.15) is 0 Å². The molecule has 0 aliphatic carbocycles. The van der Waals surface area contributed by atoms with Crippen LogP contribution < -0.4 is 5.32 Å². The molecule has 7 nitrogen and oxygen atoms in total. The Morgan fingerprint density at radius 2 is 2.37 bits per heavy atom. The van der Waals surface area contributed by atoms with Crippen molar-refractivity contribution < 1.29 is 14.1 Å². The predicted octanol–water partition coefficient (Wildman–Crippen LogP) is 1.40. The fourth-order valence-electron chi connectivity index (χ4n) is 2.22. The van der Waals surface area contributed by atoms with Gasteiger partial charge in [0.25, 0.3) is 5.91 Å². The van der Waals surface area contributed by atoms with Gasteiger partial charge in [0.05, 0.1) is 6.07 Å². The van der Waals surface area contributed by atoms with Crippen molar-refractivity contribution in [1.29, 1.82) is 0 Å². The second-order valence-electron chi connectivity index (χ2n) is 4.73. The van der Waals surface area contributed by atoms with Gasteiger partial charge >= 0.3 is 5.88 Å². The molecule has 2 heterocycles. The van der Waals surface area contributed by atoms with E-state index >= 15 is 0 Å². The molecule has 0 saturated carbocycles. The minimum absolute atomic E-state index is 0.00464. The highest BCUT2D eigenvalue weighted by Gasteiger charge is 2.23. The van der Waals surface area contributed by atoms with Crippen molar-refractivity contribution in [1.82, 2.24) is 10.2 Å². The number of furan rings is 1. The number of piperidine rings is 1. The van der Waals surface area contributed by atoms with Crippen LogP contribution in [0.1, 0.15) is 29.8 Å². The summed E-state index contributed by atoms with van der Waals surface area (Å²) in [6.45, 7) is 1.55. The Morgan fingerprint density at radius 1 is 1.58 bits per heavy atom. The summed E-state index contributed by atoms with van der Waals surface area (Å²) in [4.78, 5) is 23.4. The molecule has 1 aliphatic heterocycles. The average molecular weight is 267 g/mol. The molecule has 1 aliphatic rings. The van der Waals surface area contributed by atoms with Crippen molar-refractivity contribution >= 4 is 11.8 Å². The molecule has 19 heavy (non-hydrogen) atoms. The monoisotopic (exact) mass is 267 g/mol. The lowest BCUT2D eigenvalue weighted by Gasteiger charge is -2.27. The molecule has 2 rings (SSSR count). The van der Waals surface area contributed by atoms with E-state index in [0.29, 0.717) is 6.54 Å². The molecule has 0 bridgehead atoms. The van der Waals surface area contributed by atoms with Gasteiger partial charge < -0.3 is 14.6 Å². The van der Waals surface area contributed by atoms with E-state index in [-0.39, 0.29) is 17.7 Å². The van der Waals surface area contributed by atoms with Gasteiger partial charge in [0.2, 0.25) is 0 Å². The summed E-state index contributed by atoms with van der Waals surface area (Å²) < 4.78 is 4.91. The van der Waals surface area contributed by atoms with Crippen LogP contribution in [0.4, 0.5) is 5.88 Å². The third-order valence-electron chi connectivity index (χ3n) is 3.24. The van der Waals surface area contributed by atoms with Crippen LogP contribution in [-0.2, 0) is 0 Å². The van der Waals surface area contributed by atoms with E-state index in [4.69, 9.17) is 4.42 Å². The van der Waals surface area contributed by atoms with E-state index in [9.17, 15) is 14.9 Å². The van der Waals surface area contributed by atoms with E-state index in [1.807, 2.05) is 0 Å². The maximum absolute atomic E-state index is 12.0. The molecule has 1 unspecified atom stereocenters. The first-order valence-corrected chi connectivity index (χ1v) is 6.31. The van der Waals surface area contributed by atoms with Gasteiger partial charge in [0.15, 0.2) is 5.76 Å². The van der Waals surface area contributed by atoms with Crippen molar-refractivity contribution in [3.8, 4) is 0 Å². The van der Waals surface area contributed by atoms with E-state index < -0.39 is 10.8 Å². The van der Waals surface area contributed by atoms with Crippen molar-refractivity contribution in [2.75, 3.05) is 20.1 Å². The molecular weight excluding hydrogens is 250 g/mol. The molecule has 1 saturated heterocycles. The number of hydrogen-bond acceptors (Lipinski definition) is 5. The summed E-state index contributed by atoms with van der Waals surface area (Å²) in [6.07, 6.45) is 3.36. The van der Waals surface area contributed by atoms with Crippen molar-refractivity contribution in [3.05, 3.63) is 28.0 Å². The van der Waals surface area contributed by atoms with E-state index in [1.165, 1.54) is 23.5 Å². The lowest BCUT2D eigenvalue weighted by molar-refractivity contribution is -0.402. The molecule has 1 N–H and O–H groups in total. The summed E-state index contributed by atoms with van der Waals surface area (Å²) in [7, 11) is 1.67. The van der Waals surface area contributed by atoms with Crippen molar-refractivity contribution in [2.24, 2.45) is 0 Å². The summed E-state index contributed by atoms with van der Waals surface area (Å²) in [6, 6.07) is 2.82. The van der Waals surface area contributed by atoms with Gasteiger partial charge in [0, 0.05) is 19.6 Å². The van der Waals surface area contributed by atoms with Gasteiger partial charge in [-0.25, -0.2) is 0 Å². The highest BCUT2D eigenvalue weighted by molar-refractivity contribution is 5.91. The van der Waals surface area contributed by atoms with Gasteiger partial charge in [-0.3, -0.25) is 14.9 Å². The van der Waals surface area contributed by atoms with E-state index in [0.717, 1.165) is 19.4 Å². The fourth-order valence-corrected chi connectivity index (χ4v) is 2.22. The van der Waals surface area contributed by atoms with Crippen molar-refractivity contribution in [2.45, 2.75) is 25.3 Å². The largest absolute Gasteiger partial charge is 0.433 e. The Morgan fingerprint density at radius 3 is 2.95 bits per heavy atom. The molecular formula is C12H17N3O4. The normalized spacial score (nSPS) is 19.1. The summed E-state index contributed by atoms with van der Waals surface area (Å²) in [5.41, 5.74) is 0. The lowest BCUT2D eigenvalue weighted by Crippen LogP contribution is -2.44. The SMILES string of the molecule is CN(CC1CCCCN1)C(=O)c1ccc([N+](=O)[O-])o1. The summed E-state index contributed by atoms with van der Waals surface area (Å²) >= 11 is 0. The summed E-state index contributed by atoms with van der Waals surface area (Å²) in [5.74, 6) is -0.738. The number of carbonyl (C=O) groups is 1. The van der Waals surface area contributed by atoms with Crippen LogP contribution in [0.15, 0.2) is 16.5 Å². The maximum atomic E-state index is 12.0. The topological polar surface area (TPSA) is 88.6 Å². The van der Waals surface area contributed by atoms with Gasteiger partial charge in [-0.05, 0) is 25.5 Å². The van der Waals surface area contributed by atoms with Crippen LogP contribution in [0.25, 0.3) is 0 Å². The first-order chi connectivity index (χ1) is 9.08. The number of likely N-dealkylation sites (N-methyl/N-ethyl adjacent to an activating group) is 1. The molecule has 0 aromatic carbocycles. The number of nitro groups is 1. The predicted molar refractivity (Wildman–Crippen MR) is 68.0 cm³/mol. The Labute approximate surface area is 110 Å². The number of rotatable bonds is 4. The summed E-state index contributed by atoms with van der Waals surface area (Å²) in [5, 5.41) is 13.8. The number of nitrogens with one attached hydrogen (secondary N) is 1. The van der Waals surface area contributed by atoms with Crippen LogP contribution in [0.5, 0.6) is 0 Å². The number of hydrogen-bond donors (Lipinski definition) is 1. The zero-order chi connectivity index (χ0) is 13.8. The van der Waals surface area contributed by atoms with Crippen LogP contribution in [-0.4, -0.2) is 41.9 Å². The molecule has 1 fully saturated rings. The van der Waals surface area contributed by atoms with Gasteiger partial charge in [-0.15, -0.1) is 0 Å². The third-order valence-corrected chi connectivity index (χ3v) is 3.24. The standard InChI is InChI=1S/C12H17N3O4/c1-14(8-9-4-2-3-7-13-9)12(16)10-5-6-11(19-10)15(17)18/h5-6,9,13H,2-4,7-8H2,1H3. The minimum Gasteiger partial charge on any atom is -0.395 e. The minimum atomic E-state index is -0.653. The second kappa shape index (κ2) is 5.83. The smallest absolute Gasteiger partial charge is 0.395 e. The molecule has 0 radical (unpaired) electrons. The molecule has 0 spiro atoms. The van der Waals surface area contributed by atoms with Gasteiger partial charge in [0.1, 0.15) is 4.92 Å². The fraction of sp³-hybridized carbons (Fsp3) is 0.583. The van der Waals surface area contributed by atoms with E-state index in [2.05, 4.69) is 5.32 Å². The zero-order valence-electron chi connectivity index (χ0n) is 10.8. The first kappa shape index (κ1) is 13.5. The average Bonchev–Trinajstić information content (AvgIpc) is 2.88. The molecule has 7 heteroatoms. The van der Waals surface area contributed by atoms with Crippen LogP contribution in [0.3, 0.4) is 0 Å². The Kier molecular flexibility index (Phi) is 4.16.